The molecule has 0 unspecified atom stereocenters. The van der Waals surface area contributed by atoms with Crippen molar-refractivity contribution in [3.8, 4) is 17.2 Å². The molecule has 0 spiro atoms. The zero-order valence-electron chi connectivity index (χ0n) is 16.2. The predicted octanol–water partition coefficient (Wildman–Crippen LogP) is 6.03. The van der Waals surface area contributed by atoms with Gasteiger partial charge in [0.05, 0.1) is 17.7 Å². The van der Waals surface area contributed by atoms with Crippen LogP contribution in [0.4, 0.5) is 5.69 Å². The van der Waals surface area contributed by atoms with Gasteiger partial charge in [0, 0.05) is 17.3 Å². The van der Waals surface area contributed by atoms with Crippen molar-refractivity contribution in [3.05, 3.63) is 76.3 Å². The van der Waals surface area contributed by atoms with E-state index in [1.807, 2.05) is 56.3 Å². The van der Waals surface area contributed by atoms with Gasteiger partial charge in [0.15, 0.2) is 5.58 Å². The van der Waals surface area contributed by atoms with E-state index in [1.165, 1.54) is 0 Å². The lowest BCUT2D eigenvalue weighted by atomic mass is 10.1. The van der Waals surface area contributed by atoms with Crippen molar-refractivity contribution < 1.29 is 13.9 Å². The van der Waals surface area contributed by atoms with Crippen LogP contribution < -0.4 is 10.1 Å². The number of rotatable bonds is 4. The summed E-state index contributed by atoms with van der Waals surface area (Å²) in [5, 5.41) is 3.36. The number of halogens is 1. The third-order valence-corrected chi connectivity index (χ3v) is 5.01. The van der Waals surface area contributed by atoms with Gasteiger partial charge in [0.25, 0.3) is 5.91 Å². The smallest absolute Gasteiger partial charge is 0.257 e. The molecule has 3 aromatic carbocycles. The fourth-order valence-electron chi connectivity index (χ4n) is 3.04. The zero-order chi connectivity index (χ0) is 20.5. The Hall–Kier alpha value is -3.31. The van der Waals surface area contributed by atoms with Gasteiger partial charge in [-0.25, -0.2) is 4.98 Å². The number of oxazole rings is 1. The maximum atomic E-state index is 12.7. The van der Waals surface area contributed by atoms with Gasteiger partial charge in [-0.3, -0.25) is 4.79 Å². The molecule has 0 atom stereocenters. The van der Waals surface area contributed by atoms with E-state index in [2.05, 4.69) is 10.3 Å². The highest BCUT2D eigenvalue weighted by Crippen LogP contribution is 2.30. The fraction of sp³-hybridized carbons (Fsp3) is 0.130. The summed E-state index contributed by atoms with van der Waals surface area (Å²) in [7, 11) is 1.61. The van der Waals surface area contributed by atoms with Crippen LogP contribution >= 0.6 is 11.6 Å². The number of anilines is 1. The minimum Gasteiger partial charge on any atom is -0.497 e. The summed E-state index contributed by atoms with van der Waals surface area (Å²) in [6.45, 7) is 3.85. The normalized spacial score (nSPS) is 10.9. The Morgan fingerprint density at radius 1 is 1.07 bits per heavy atom. The van der Waals surface area contributed by atoms with Crippen LogP contribution in [0.25, 0.3) is 22.6 Å². The van der Waals surface area contributed by atoms with E-state index in [0.717, 1.165) is 16.7 Å². The Bertz CT molecular complexity index is 1230. The highest BCUT2D eigenvalue weighted by molar-refractivity contribution is 6.34. The number of nitrogens with zero attached hydrogens (tertiary/aromatic N) is 1. The van der Waals surface area contributed by atoms with Crippen molar-refractivity contribution in [2.75, 3.05) is 12.4 Å². The van der Waals surface area contributed by atoms with E-state index in [1.54, 1.807) is 19.2 Å². The van der Waals surface area contributed by atoms with Gasteiger partial charge in [0.2, 0.25) is 5.89 Å². The fourth-order valence-corrected chi connectivity index (χ4v) is 3.36. The highest BCUT2D eigenvalue weighted by Gasteiger charge is 2.14. The molecule has 4 aromatic rings. The van der Waals surface area contributed by atoms with Crippen LogP contribution in [-0.2, 0) is 0 Å². The Morgan fingerprint density at radius 3 is 2.66 bits per heavy atom. The van der Waals surface area contributed by atoms with Gasteiger partial charge in [-0.05, 0) is 61.4 Å². The lowest BCUT2D eigenvalue weighted by Crippen LogP contribution is -2.13. The summed E-state index contributed by atoms with van der Waals surface area (Å²) in [6, 6.07) is 16.5. The van der Waals surface area contributed by atoms with Crippen LogP contribution in [0, 0.1) is 13.8 Å². The predicted molar refractivity (Wildman–Crippen MR) is 115 cm³/mol. The standard InChI is InChI=1S/C23H19ClN2O3/c1-13-4-8-17(18(24)10-13)22(27)25-19-11-15(6-5-14(19)2)23-26-20-12-16(28-3)7-9-21(20)29-23/h4-12H,1-3H3,(H,25,27). The molecule has 1 amide bonds. The van der Waals surface area contributed by atoms with Crippen LogP contribution in [-0.4, -0.2) is 18.0 Å². The average molecular weight is 407 g/mol. The number of ether oxygens (including phenoxy) is 1. The highest BCUT2D eigenvalue weighted by atomic mass is 35.5. The summed E-state index contributed by atoms with van der Waals surface area (Å²) in [4.78, 5) is 17.3. The SMILES string of the molecule is COc1ccc2oc(-c3ccc(C)c(NC(=O)c4ccc(C)cc4Cl)c3)nc2c1. The zero-order valence-corrected chi connectivity index (χ0v) is 17.0. The van der Waals surface area contributed by atoms with Crippen LogP contribution in [0.15, 0.2) is 59.0 Å². The van der Waals surface area contributed by atoms with Crippen molar-refractivity contribution in [3.63, 3.8) is 0 Å². The molecule has 6 heteroatoms. The summed E-state index contributed by atoms with van der Waals surface area (Å²) in [6.07, 6.45) is 0. The minimum atomic E-state index is -0.266. The third kappa shape index (κ3) is 3.82. The average Bonchev–Trinajstić information content (AvgIpc) is 3.12. The van der Waals surface area contributed by atoms with Crippen molar-refractivity contribution in [2.45, 2.75) is 13.8 Å². The number of benzene rings is 3. The molecule has 0 radical (unpaired) electrons. The first-order valence-corrected chi connectivity index (χ1v) is 9.45. The molecule has 1 aromatic heterocycles. The Labute approximate surface area is 173 Å². The first-order valence-electron chi connectivity index (χ1n) is 9.08. The molecule has 1 N–H and O–H groups in total. The number of fused-ring (bicyclic) bond motifs is 1. The van der Waals surface area contributed by atoms with Gasteiger partial charge < -0.3 is 14.5 Å². The molecule has 0 fully saturated rings. The maximum absolute atomic E-state index is 12.7. The molecular weight excluding hydrogens is 388 g/mol. The number of aryl methyl sites for hydroxylation is 2. The Kier molecular flexibility index (Phi) is 4.99. The largest absolute Gasteiger partial charge is 0.497 e. The number of hydrogen-bond acceptors (Lipinski definition) is 4. The van der Waals surface area contributed by atoms with Crippen molar-refractivity contribution in [1.29, 1.82) is 0 Å². The number of methoxy groups -OCH3 is 1. The van der Waals surface area contributed by atoms with Crippen LogP contribution in [0.5, 0.6) is 5.75 Å². The molecule has 0 aliphatic rings. The number of nitrogens with one attached hydrogen (secondary N) is 1. The topological polar surface area (TPSA) is 64.4 Å². The summed E-state index contributed by atoms with van der Waals surface area (Å²) >= 11 is 6.23. The molecule has 4 rings (SSSR count). The summed E-state index contributed by atoms with van der Waals surface area (Å²) in [5.74, 6) is 0.916. The molecule has 0 aliphatic heterocycles. The van der Waals surface area contributed by atoms with Crippen LogP contribution in [0.1, 0.15) is 21.5 Å². The second-order valence-corrected chi connectivity index (χ2v) is 7.23. The van der Waals surface area contributed by atoms with Gasteiger partial charge in [-0.1, -0.05) is 23.7 Å². The summed E-state index contributed by atoms with van der Waals surface area (Å²) < 4.78 is 11.1. The number of carbonyl (C=O) groups excluding carboxylic acids is 1. The second-order valence-electron chi connectivity index (χ2n) is 6.82. The molecular formula is C23H19ClN2O3. The molecule has 1 heterocycles. The first-order chi connectivity index (χ1) is 13.9. The minimum absolute atomic E-state index is 0.266. The van der Waals surface area contributed by atoms with E-state index >= 15 is 0 Å². The molecule has 0 bridgehead atoms. The first kappa shape index (κ1) is 19.0. The molecule has 146 valence electrons. The molecule has 5 nitrogen and oxygen atoms in total. The van der Waals surface area contributed by atoms with Crippen molar-refractivity contribution >= 4 is 34.3 Å². The monoisotopic (exact) mass is 406 g/mol. The maximum Gasteiger partial charge on any atom is 0.257 e. The molecule has 0 saturated carbocycles. The molecule has 0 aliphatic carbocycles. The van der Waals surface area contributed by atoms with E-state index in [4.69, 9.17) is 20.8 Å². The lowest BCUT2D eigenvalue weighted by molar-refractivity contribution is 0.102. The van der Waals surface area contributed by atoms with Gasteiger partial charge >= 0.3 is 0 Å². The van der Waals surface area contributed by atoms with Crippen molar-refractivity contribution in [2.24, 2.45) is 0 Å². The van der Waals surface area contributed by atoms with Crippen LogP contribution in [0.2, 0.25) is 5.02 Å². The number of carbonyl (C=O) groups is 1. The van der Waals surface area contributed by atoms with Crippen LogP contribution in [0.3, 0.4) is 0 Å². The number of aromatic nitrogens is 1. The van der Waals surface area contributed by atoms with Gasteiger partial charge in [-0.2, -0.15) is 0 Å². The Morgan fingerprint density at radius 2 is 1.90 bits per heavy atom. The third-order valence-electron chi connectivity index (χ3n) is 4.70. The van der Waals surface area contributed by atoms with E-state index in [-0.39, 0.29) is 5.91 Å². The van der Waals surface area contributed by atoms with Gasteiger partial charge in [-0.15, -0.1) is 0 Å². The van der Waals surface area contributed by atoms with Crippen molar-refractivity contribution in [1.82, 2.24) is 4.98 Å². The van der Waals surface area contributed by atoms with Gasteiger partial charge in [0.1, 0.15) is 11.3 Å². The lowest BCUT2D eigenvalue weighted by Gasteiger charge is -2.11. The quantitative estimate of drug-likeness (QED) is 0.449. The number of hydrogen-bond donors (Lipinski definition) is 1. The molecule has 0 saturated heterocycles. The second kappa shape index (κ2) is 7.60. The molecule has 29 heavy (non-hydrogen) atoms. The summed E-state index contributed by atoms with van der Waals surface area (Å²) in [5.41, 5.74) is 5.15. The van der Waals surface area contributed by atoms with E-state index < -0.39 is 0 Å². The number of amides is 1. The van der Waals surface area contributed by atoms with E-state index in [0.29, 0.717) is 39.0 Å². The Balaban J connectivity index is 1.66. The van der Waals surface area contributed by atoms with E-state index in [9.17, 15) is 4.79 Å².